The van der Waals surface area contributed by atoms with Crippen molar-refractivity contribution in [1.82, 2.24) is 10.2 Å². The van der Waals surface area contributed by atoms with Crippen molar-refractivity contribution in [2.75, 3.05) is 4.90 Å². The maximum atomic E-state index is 12.0. The minimum atomic E-state index is -0.149. The van der Waals surface area contributed by atoms with Crippen LogP contribution in [0.25, 0.3) is 10.6 Å². The Kier molecular flexibility index (Phi) is 4.61. The molecule has 0 aliphatic rings. The molecular formula is C16H11Cl2N3OS. The largest absolute Gasteiger partial charge is 0.274 e. The first-order valence-electron chi connectivity index (χ1n) is 6.71. The van der Waals surface area contributed by atoms with E-state index >= 15 is 0 Å². The zero-order valence-electron chi connectivity index (χ0n) is 12.0. The Bertz CT molecular complexity index is 831. The van der Waals surface area contributed by atoms with Gasteiger partial charge in [-0.1, -0.05) is 58.8 Å². The molecule has 0 saturated carbocycles. The Balaban J connectivity index is 2.05. The Morgan fingerprint density at radius 3 is 2.26 bits per heavy atom. The van der Waals surface area contributed by atoms with Crippen LogP contribution in [0.5, 0.6) is 0 Å². The van der Waals surface area contributed by atoms with Crippen molar-refractivity contribution in [3.05, 3.63) is 58.6 Å². The van der Waals surface area contributed by atoms with Crippen LogP contribution in [0.2, 0.25) is 10.0 Å². The molecule has 0 N–H and O–H groups in total. The van der Waals surface area contributed by atoms with Gasteiger partial charge in [-0.05, 0) is 24.3 Å². The van der Waals surface area contributed by atoms with Crippen LogP contribution in [0.4, 0.5) is 10.8 Å². The summed E-state index contributed by atoms with van der Waals surface area (Å²) in [5.74, 6) is -0.149. The third kappa shape index (κ3) is 3.22. The number of aromatic nitrogens is 2. The van der Waals surface area contributed by atoms with E-state index in [2.05, 4.69) is 10.2 Å². The first-order chi connectivity index (χ1) is 11.1. The molecule has 1 amide bonds. The van der Waals surface area contributed by atoms with E-state index in [1.807, 2.05) is 30.3 Å². The fourth-order valence-corrected chi connectivity index (χ4v) is 3.78. The molecule has 0 bridgehead atoms. The summed E-state index contributed by atoms with van der Waals surface area (Å²) in [5.41, 5.74) is 1.35. The summed E-state index contributed by atoms with van der Waals surface area (Å²) < 4.78 is 0. The normalized spacial score (nSPS) is 10.6. The number of amides is 1. The van der Waals surface area contributed by atoms with Crippen molar-refractivity contribution in [3.8, 4) is 10.6 Å². The number of halogens is 2. The molecule has 0 unspecified atom stereocenters. The molecule has 0 aliphatic heterocycles. The van der Waals surface area contributed by atoms with Crippen LogP contribution >= 0.6 is 34.5 Å². The van der Waals surface area contributed by atoms with Crippen molar-refractivity contribution < 1.29 is 4.79 Å². The minimum Gasteiger partial charge on any atom is -0.274 e. The zero-order chi connectivity index (χ0) is 16.4. The first-order valence-corrected chi connectivity index (χ1v) is 8.29. The summed E-state index contributed by atoms with van der Waals surface area (Å²) in [7, 11) is 0. The van der Waals surface area contributed by atoms with E-state index in [4.69, 9.17) is 23.2 Å². The van der Waals surface area contributed by atoms with E-state index in [1.54, 1.807) is 18.2 Å². The first kappa shape index (κ1) is 15.9. The van der Waals surface area contributed by atoms with Crippen LogP contribution in [0.15, 0.2) is 48.5 Å². The molecule has 1 aromatic heterocycles. The van der Waals surface area contributed by atoms with E-state index < -0.39 is 0 Å². The Hall–Kier alpha value is -1.95. The lowest BCUT2D eigenvalue weighted by atomic mass is 10.2. The molecule has 1 heterocycles. The van der Waals surface area contributed by atoms with Gasteiger partial charge in [-0.2, -0.15) is 0 Å². The lowest BCUT2D eigenvalue weighted by Gasteiger charge is -2.16. The van der Waals surface area contributed by atoms with Crippen molar-refractivity contribution in [3.63, 3.8) is 0 Å². The second kappa shape index (κ2) is 6.66. The smallest absolute Gasteiger partial charge is 0.230 e. The molecule has 0 radical (unpaired) electrons. The van der Waals surface area contributed by atoms with Gasteiger partial charge in [-0.3, -0.25) is 9.69 Å². The summed E-state index contributed by atoms with van der Waals surface area (Å²) in [6.45, 7) is 1.48. The maximum absolute atomic E-state index is 12.0. The topological polar surface area (TPSA) is 46.1 Å². The van der Waals surface area contributed by atoms with Gasteiger partial charge in [0, 0.05) is 12.5 Å². The molecule has 0 atom stereocenters. The van der Waals surface area contributed by atoms with Gasteiger partial charge in [0.1, 0.15) is 0 Å². The van der Waals surface area contributed by atoms with Crippen molar-refractivity contribution in [2.45, 2.75) is 6.92 Å². The fourth-order valence-electron chi connectivity index (χ4n) is 2.11. The SMILES string of the molecule is CC(=O)N(c1ccccc1)c1nnc(-c2c(Cl)cccc2Cl)s1. The Morgan fingerprint density at radius 1 is 1.00 bits per heavy atom. The quantitative estimate of drug-likeness (QED) is 0.642. The third-order valence-electron chi connectivity index (χ3n) is 3.11. The van der Waals surface area contributed by atoms with Gasteiger partial charge in [0.05, 0.1) is 15.7 Å². The molecule has 7 heteroatoms. The van der Waals surface area contributed by atoms with Crippen molar-refractivity contribution in [1.29, 1.82) is 0 Å². The highest BCUT2D eigenvalue weighted by Gasteiger charge is 2.21. The van der Waals surface area contributed by atoms with Crippen LogP contribution in [-0.4, -0.2) is 16.1 Å². The van der Waals surface area contributed by atoms with Gasteiger partial charge in [0.15, 0.2) is 5.01 Å². The Morgan fingerprint density at radius 2 is 1.65 bits per heavy atom. The second-order valence-electron chi connectivity index (χ2n) is 4.68. The third-order valence-corrected chi connectivity index (χ3v) is 4.67. The lowest BCUT2D eigenvalue weighted by molar-refractivity contribution is -0.115. The lowest BCUT2D eigenvalue weighted by Crippen LogP contribution is -2.22. The summed E-state index contributed by atoms with van der Waals surface area (Å²) in [6, 6.07) is 14.5. The molecule has 3 rings (SSSR count). The van der Waals surface area contributed by atoms with Crippen molar-refractivity contribution >= 4 is 51.3 Å². The molecule has 2 aromatic carbocycles. The highest BCUT2D eigenvalue weighted by molar-refractivity contribution is 7.18. The van der Waals surface area contributed by atoms with E-state index in [1.165, 1.54) is 23.2 Å². The number of carbonyl (C=O) groups excluding carboxylic acids is 1. The molecular weight excluding hydrogens is 353 g/mol. The zero-order valence-corrected chi connectivity index (χ0v) is 14.4. The van der Waals surface area contributed by atoms with E-state index in [0.717, 1.165) is 5.69 Å². The number of para-hydroxylation sites is 1. The summed E-state index contributed by atoms with van der Waals surface area (Å²) >= 11 is 13.7. The van der Waals surface area contributed by atoms with E-state index in [9.17, 15) is 4.79 Å². The minimum absolute atomic E-state index is 0.149. The highest BCUT2D eigenvalue weighted by atomic mass is 35.5. The molecule has 0 saturated heterocycles. The maximum Gasteiger partial charge on any atom is 0.230 e. The van der Waals surface area contributed by atoms with E-state index in [-0.39, 0.29) is 5.91 Å². The van der Waals surface area contributed by atoms with Crippen LogP contribution < -0.4 is 4.90 Å². The van der Waals surface area contributed by atoms with Crippen LogP contribution in [0, 0.1) is 0 Å². The molecule has 0 spiro atoms. The standard InChI is InChI=1S/C16H11Cl2N3OS/c1-10(22)21(11-6-3-2-4-7-11)16-20-19-15(23-16)14-12(17)8-5-9-13(14)18/h2-9H,1H3. The van der Waals surface area contributed by atoms with Crippen molar-refractivity contribution in [2.24, 2.45) is 0 Å². The van der Waals surface area contributed by atoms with Crippen LogP contribution in [0.1, 0.15) is 6.92 Å². The summed E-state index contributed by atoms with van der Waals surface area (Å²) in [6.07, 6.45) is 0. The number of rotatable bonds is 3. The van der Waals surface area contributed by atoms with Gasteiger partial charge >= 0.3 is 0 Å². The monoisotopic (exact) mass is 363 g/mol. The number of hydrogen-bond acceptors (Lipinski definition) is 4. The van der Waals surface area contributed by atoms with E-state index in [0.29, 0.717) is 25.7 Å². The second-order valence-corrected chi connectivity index (χ2v) is 6.45. The molecule has 0 fully saturated rings. The predicted octanol–water partition coefficient (Wildman–Crippen LogP) is 5.20. The number of hydrogen-bond donors (Lipinski definition) is 0. The highest BCUT2D eigenvalue weighted by Crippen LogP contribution is 2.39. The summed E-state index contributed by atoms with van der Waals surface area (Å²) in [4.78, 5) is 13.5. The molecule has 0 aliphatic carbocycles. The molecule has 116 valence electrons. The predicted molar refractivity (Wildman–Crippen MR) is 94.6 cm³/mol. The number of nitrogens with zero attached hydrogens (tertiary/aromatic N) is 3. The average molecular weight is 364 g/mol. The average Bonchev–Trinajstić information content (AvgIpc) is 2.97. The summed E-state index contributed by atoms with van der Waals surface area (Å²) in [5, 5.41) is 10.3. The number of carbonyl (C=O) groups is 1. The Labute approximate surface area is 147 Å². The molecule has 3 aromatic rings. The number of anilines is 2. The van der Waals surface area contributed by atoms with Gasteiger partial charge in [-0.15, -0.1) is 10.2 Å². The number of benzene rings is 2. The van der Waals surface area contributed by atoms with Gasteiger partial charge in [0.25, 0.3) is 0 Å². The molecule has 23 heavy (non-hydrogen) atoms. The van der Waals surface area contributed by atoms with Crippen LogP contribution in [-0.2, 0) is 4.79 Å². The fraction of sp³-hybridized carbons (Fsp3) is 0.0625. The van der Waals surface area contributed by atoms with Crippen LogP contribution in [0.3, 0.4) is 0 Å². The van der Waals surface area contributed by atoms with Gasteiger partial charge < -0.3 is 0 Å². The molecule has 4 nitrogen and oxygen atoms in total. The van der Waals surface area contributed by atoms with Gasteiger partial charge in [0.2, 0.25) is 11.0 Å². The van der Waals surface area contributed by atoms with Gasteiger partial charge in [-0.25, -0.2) is 0 Å².